The van der Waals surface area contributed by atoms with Crippen molar-refractivity contribution in [3.63, 3.8) is 0 Å². The van der Waals surface area contributed by atoms with E-state index in [4.69, 9.17) is 9.15 Å². The lowest BCUT2D eigenvalue weighted by atomic mass is 10.2. The minimum absolute atomic E-state index is 0.0332. The van der Waals surface area contributed by atoms with Gasteiger partial charge in [0, 0.05) is 20.1 Å². The zero-order valence-corrected chi connectivity index (χ0v) is 17.5. The molecular weight excluding hydrogens is 378 g/mol. The fraction of sp³-hybridized carbons (Fsp3) is 0.526. The molecule has 1 unspecified atom stereocenters. The van der Waals surface area contributed by atoms with Crippen LogP contribution < -0.4 is 10.6 Å². The van der Waals surface area contributed by atoms with Gasteiger partial charge in [-0.3, -0.25) is 4.99 Å². The number of likely N-dealkylation sites (tertiary alicyclic amines) is 1. The first kappa shape index (κ1) is 20.2. The number of aromatic nitrogens is 1. The van der Waals surface area contributed by atoms with Gasteiger partial charge in [-0.05, 0) is 38.6 Å². The van der Waals surface area contributed by atoms with Gasteiger partial charge in [-0.15, -0.1) is 11.3 Å². The molecule has 0 aliphatic carbocycles. The number of hydrogen-bond acceptors (Lipinski definition) is 6. The average molecular weight is 406 g/mol. The van der Waals surface area contributed by atoms with E-state index in [0.717, 1.165) is 29.5 Å². The third-order valence-corrected chi connectivity index (χ3v) is 4.99. The number of carbonyl (C=O) groups excluding carboxylic acids is 1. The van der Waals surface area contributed by atoms with Gasteiger partial charge in [0.15, 0.2) is 5.96 Å². The zero-order chi connectivity index (χ0) is 20.1. The Labute approximate surface area is 169 Å². The highest BCUT2D eigenvalue weighted by Crippen LogP contribution is 2.23. The molecule has 0 aromatic carbocycles. The van der Waals surface area contributed by atoms with Crippen LogP contribution in [0.5, 0.6) is 0 Å². The maximum absolute atomic E-state index is 12.0. The molecular formula is C19H27N5O3S. The van der Waals surface area contributed by atoms with Gasteiger partial charge in [-0.2, -0.15) is 0 Å². The highest BCUT2D eigenvalue weighted by molar-refractivity contribution is 7.13. The maximum Gasteiger partial charge on any atom is 0.407 e. The number of amides is 1. The number of nitrogens with one attached hydrogen (secondary N) is 2. The summed E-state index contributed by atoms with van der Waals surface area (Å²) in [5.41, 5.74) is 0.312. The van der Waals surface area contributed by atoms with Gasteiger partial charge in [0.05, 0.1) is 23.2 Å². The Hall–Kier alpha value is -2.55. The Bertz CT molecular complexity index is 810. The van der Waals surface area contributed by atoms with Crippen LogP contribution in [0, 0.1) is 0 Å². The zero-order valence-electron chi connectivity index (χ0n) is 16.7. The van der Waals surface area contributed by atoms with Crippen LogP contribution in [-0.4, -0.2) is 53.7 Å². The molecule has 1 aliphatic heterocycles. The Morgan fingerprint density at radius 1 is 1.50 bits per heavy atom. The first-order valence-corrected chi connectivity index (χ1v) is 10.2. The summed E-state index contributed by atoms with van der Waals surface area (Å²) in [5.74, 6) is 1.40. The quantitative estimate of drug-likeness (QED) is 0.600. The van der Waals surface area contributed by atoms with E-state index in [2.05, 4.69) is 25.5 Å². The van der Waals surface area contributed by atoms with Crippen molar-refractivity contribution >= 4 is 23.4 Å². The number of thiophene rings is 1. The van der Waals surface area contributed by atoms with Crippen LogP contribution in [0.1, 0.15) is 32.9 Å². The predicted octanol–water partition coefficient (Wildman–Crippen LogP) is 3.08. The van der Waals surface area contributed by atoms with E-state index in [0.29, 0.717) is 19.0 Å². The summed E-state index contributed by atoms with van der Waals surface area (Å²) in [4.78, 5) is 23.9. The Balaban J connectivity index is 1.49. The number of nitrogens with zero attached hydrogens (tertiary/aromatic N) is 3. The molecule has 0 saturated carbocycles. The Kier molecular flexibility index (Phi) is 6.23. The fourth-order valence-electron chi connectivity index (χ4n) is 2.95. The number of guanidine groups is 1. The van der Waals surface area contributed by atoms with E-state index >= 15 is 0 Å². The van der Waals surface area contributed by atoms with Crippen molar-refractivity contribution in [3.8, 4) is 10.8 Å². The first-order chi connectivity index (χ1) is 13.3. The van der Waals surface area contributed by atoms with Gasteiger partial charge < -0.3 is 24.7 Å². The predicted molar refractivity (Wildman–Crippen MR) is 109 cm³/mol. The van der Waals surface area contributed by atoms with Gasteiger partial charge in [0.25, 0.3) is 0 Å². The van der Waals surface area contributed by atoms with Crippen molar-refractivity contribution in [1.82, 2.24) is 20.5 Å². The van der Waals surface area contributed by atoms with E-state index in [9.17, 15) is 4.79 Å². The van der Waals surface area contributed by atoms with Crippen LogP contribution in [0.25, 0.3) is 10.8 Å². The van der Waals surface area contributed by atoms with Gasteiger partial charge in [-0.1, -0.05) is 6.07 Å². The summed E-state index contributed by atoms with van der Waals surface area (Å²) >= 11 is 1.59. The monoisotopic (exact) mass is 405 g/mol. The second-order valence-electron chi connectivity index (χ2n) is 7.60. The van der Waals surface area contributed by atoms with Crippen molar-refractivity contribution < 1.29 is 13.9 Å². The summed E-state index contributed by atoms with van der Waals surface area (Å²) in [6.07, 6.45) is 2.12. The summed E-state index contributed by atoms with van der Waals surface area (Å²) < 4.78 is 10.9. The molecule has 1 saturated heterocycles. The topological polar surface area (TPSA) is 92.0 Å². The molecule has 2 aromatic rings. The third-order valence-electron chi connectivity index (χ3n) is 4.13. The highest BCUT2D eigenvalue weighted by atomic mass is 32.1. The molecule has 2 N–H and O–H groups in total. The molecule has 3 rings (SSSR count). The van der Waals surface area contributed by atoms with E-state index in [1.807, 2.05) is 38.3 Å². The summed E-state index contributed by atoms with van der Waals surface area (Å²) in [6.45, 7) is 7.56. The summed E-state index contributed by atoms with van der Waals surface area (Å²) in [7, 11) is 1.75. The number of ether oxygens (including phenoxy) is 1. The first-order valence-electron chi connectivity index (χ1n) is 9.27. The van der Waals surface area contributed by atoms with Crippen LogP contribution in [0.3, 0.4) is 0 Å². The standard InChI is InChI=1S/C19H27N5O3S/c1-19(2,3)27-18(25)23-13-7-8-24(11-13)17(20-4)21-10-14-12-26-16(22-14)15-6-5-9-28-15/h5-6,9,12-13H,7-8,10-11H2,1-4H3,(H,20,21)(H,23,25). The fourth-order valence-corrected chi connectivity index (χ4v) is 3.60. The lowest BCUT2D eigenvalue weighted by molar-refractivity contribution is 0.0507. The molecule has 0 radical (unpaired) electrons. The highest BCUT2D eigenvalue weighted by Gasteiger charge is 2.27. The molecule has 152 valence electrons. The number of rotatable bonds is 4. The normalized spacial score (nSPS) is 17.6. The average Bonchev–Trinajstić information content (AvgIpc) is 3.35. The van der Waals surface area contributed by atoms with E-state index in [1.54, 1.807) is 24.6 Å². The van der Waals surface area contributed by atoms with Gasteiger partial charge in [-0.25, -0.2) is 9.78 Å². The molecule has 8 nitrogen and oxygen atoms in total. The van der Waals surface area contributed by atoms with Crippen molar-refractivity contribution in [2.45, 2.75) is 45.4 Å². The van der Waals surface area contributed by atoms with Crippen molar-refractivity contribution in [1.29, 1.82) is 0 Å². The summed E-state index contributed by atoms with van der Waals surface area (Å²) in [6, 6.07) is 3.99. The van der Waals surface area contributed by atoms with Crippen LogP contribution in [-0.2, 0) is 11.3 Å². The van der Waals surface area contributed by atoms with Gasteiger partial charge in [0.1, 0.15) is 11.9 Å². The van der Waals surface area contributed by atoms with E-state index in [1.165, 1.54) is 0 Å². The number of hydrogen-bond donors (Lipinski definition) is 2. The smallest absolute Gasteiger partial charge is 0.407 e. The third kappa shape index (κ3) is 5.48. The molecule has 3 heterocycles. The number of carbonyl (C=O) groups is 1. The lowest BCUT2D eigenvalue weighted by Crippen LogP contribution is -2.44. The van der Waals surface area contributed by atoms with Crippen LogP contribution in [0.4, 0.5) is 4.79 Å². The summed E-state index contributed by atoms with van der Waals surface area (Å²) in [5, 5.41) is 8.23. The van der Waals surface area contributed by atoms with E-state index in [-0.39, 0.29) is 12.1 Å². The second kappa shape index (κ2) is 8.64. The lowest BCUT2D eigenvalue weighted by Gasteiger charge is -2.23. The molecule has 1 fully saturated rings. The van der Waals surface area contributed by atoms with Crippen molar-refractivity contribution in [3.05, 3.63) is 29.5 Å². The molecule has 1 amide bonds. The minimum Gasteiger partial charge on any atom is -0.444 e. The number of oxazole rings is 1. The second-order valence-corrected chi connectivity index (χ2v) is 8.55. The SMILES string of the molecule is CN=C(NCc1coc(-c2cccs2)n1)N1CCC(NC(=O)OC(C)(C)C)C1. The molecule has 2 aromatic heterocycles. The molecule has 9 heteroatoms. The molecule has 1 aliphatic rings. The number of aliphatic imine (C=N–C) groups is 1. The Morgan fingerprint density at radius 2 is 2.32 bits per heavy atom. The van der Waals surface area contributed by atoms with Crippen LogP contribution >= 0.6 is 11.3 Å². The number of alkyl carbamates (subject to hydrolysis) is 1. The largest absolute Gasteiger partial charge is 0.444 e. The van der Waals surface area contributed by atoms with Gasteiger partial charge in [0.2, 0.25) is 5.89 Å². The molecule has 0 spiro atoms. The molecule has 0 bridgehead atoms. The van der Waals surface area contributed by atoms with Crippen LogP contribution in [0.15, 0.2) is 33.2 Å². The molecule has 28 heavy (non-hydrogen) atoms. The Morgan fingerprint density at radius 3 is 3.00 bits per heavy atom. The maximum atomic E-state index is 12.0. The van der Waals surface area contributed by atoms with Crippen molar-refractivity contribution in [2.75, 3.05) is 20.1 Å². The van der Waals surface area contributed by atoms with Gasteiger partial charge >= 0.3 is 6.09 Å². The minimum atomic E-state index is -0.500. The van der Waals surface area contributed by atoms with E-state index < -0.39 is 5.60 Å². The molecule has 1 atom stereocenters. The van der Waals surface area contributed by atoms with Crippen molar-refractivity contribution in [2.24, 2.45) is 4.99 Å². The van der Waals surface area contributed by atoms with Crippen LogP contribution in [0.2, 0.25) is 0 Å².